The van der Waals surface area contributed by atoms with E-state index in [1.807, 2.05) is 13.8 Å². The Balaban J connectivity index is 3.27. The van der Waals surface area contributed by atoms with Gasteiger partial charge in [0.15, 0.2) is 0 Å². The van der Waals surface area contributed by atoms with Crippen molar-refractivity contribution >= 4 is 11.8 Å². The number of carbonyl (C=O) groups excluding carboxylic acids is 1. The van der Waals surface area contributed by atoms with Gasteiger partial charge in [-0.1, -0.05) is 0 Å². The van der Waals surface area contributed by atoms with Crippen LogP contribution in [0.15, 0.2) is 6.07 Å². The lowest BCUT2D eigenvalue weighted by atomic mass is 10.1. The first-order chi connectivity index (χ1) is 8.04. The lowest BCUT2D eigenvalue weighted by Crippen LogP contribution is -2.12. The van der Waals surface area contributed by atoms with Crippen LogP contribution in [0.4, 0.5) is 10.5 Å². The third-order valence-electron chi connectivity index (χ3n) is 2.64. The fraction of sp³-hybridized carbons (Fsp3) is 0.417. The second-order valence-electron chi connectivity index (χ2n) is 3.53. The third-order valence-corrected chi connectivity index (χ3v) is 2.64. The van der Waals surface area contributed by atoms with Gasteiger partial charge >= 0.3 is 6.09 Å². The van der Waals surface area contributed by atoms with Crippen molar-refractivity contribution in [3.63, 3.8) is 0 Å². The van der Waals surface area contributed by atoms with Gasteiger partial charge < -0.3 is 14.2 Å². The monoisotopic (exact) mass is 239 g/mol. The van der Waals surface area contributed by atoms with E-state index in [1.54, 1.807) is 20.3 Å². The zero-order chi connectivity index (χ0) is 13.0. The van der Waals surface area contributed by atoms with Crippen molar-refractivity contribution in [3.8, 4) is 11.5 Å². The van der Waals surface area contributed by atoms with E-state index < -0.39 is 6.09 Å². The van der Waals surface area contributed by atoms with Gasteiger partial charge in [0.05, 0.1) is 27.0 Å². The lowest BCUT2D eigenvalue weighted by Gasteiger charge is -2.16. The summed E-state index contributed by atoms with van der Waals surface area (Å²) in [5.41, 5.74) is 2.41. The number of methoxy groups -OCH3 is 3. The summed E-state index contributed by atoms with van der Waals surface area (Å²) < 4.78 is 15.1. The van der Waals surface area contributed by atoms with E-state index in [0.717, 1.165) is 11.1 Å². The highest BCUT2D eigenvalue weighted by Crippen LogP contribution is 2.36. The molecule has 0 radical (unpaired) electrons. The molecule has 0 aliphatic carbocycles. The summed E-state index contributed by atoms with van der Waals surface area (Å²) in [4.78, 5) is 11.2. The molecule has 0 saturated heterocycles. The SMILES string of the molecule is COC(=O)Nc1cc(OC)c(C)c(C)c1OC. The van der Waals surface area contributed by atoms with Gasteiger partial charge in [-0.2, -0.15) is 0 Å². The number of nitrogens with one attached hydrogen (secondary N) is 1. The van der Waals surface area contributed by atoms with Gasteiger partial charge in [-0.15, -0.1) is 0 Å². The molecule has 0 aromatic heterocycles. The van der Waals surface area contributed by atoms with Gasteiger partial charge in [0.1, 0.15) is 11.5 Å². The number of hydrogen-bond donors (Lipinski definition) is 1. The molecular weight excluding hydrogens is 222 g/mol. The molecule has 0 saturated carbocycles. The topological polar surface area (TPSA) is 56.8 Å². The minimum absolute atomic E-state index is 0.527. The molecule has 5 heteroatoms. The van der Waals surface area contributed by atoms with Gasteiger partial charge in [-0.25, -0.2) is 4.79 Å². The van der Waals surface area contributed by atoms with Crippen LogP contribution in [0, 0.1) is 13.8 Å². The Hall–Kier alpha value is -1.91. The lowest BCUT2D eigenvalue weighted by molar-refractivity contribution is 0.187. The summed E-state index contributed by atoms with van der Waals surface area (Å²) in [6.45, 7) is 3.83. The van der Waals surface area contributed by atoms with Crippen LogP contribution in [0.1, 0.15) is 11.1 Å². The zero-order valence-electron chi connectivity index (χ0n) is 10.7. The Bertz CT molecular complexity index is 429. The van der Waals surface area contributed by atoms with E-state index in [-0.39, 0.29) is 0 Å². The average Bonchev–Trinajstić information content (AvgIpc) is 2.33. The summed E-state index contributed by atoms with van der Waals surface area (Å²) in [6.07, 6.45) is -0.548. The summed E-state index contributed by atoms with van der Waals surface area (Å²) in [6, 6.07) is 1.71. The van der Waals surface area contributed by atoms with Crippen molar-refractivity contribution in [1.82, 2.24) is 0 Å². The average molecular weight is 239 g/mol. The molecule has 0 fully saturated rings. The molecule has 17 heavy (non-hydrogen) atoms. The number of ether oxygens (including phenoxy) is 3. The number of hydrogen-bond acceptors (Lipinski definition) is 4. The standard InChI is InChI=1S/C12H17NO4/c1-7-8(2)11(16-4)9(6-10(7)15-3)13-12(14)17-5/h6H,1-5H3,(H,13,14). The number of rotatable bonds is 3. The molecule has 0 unspecified atom stereocenters. The molecule has 0 atom stereocenters. The highest BCUT2D eigenvalue weighted by Gasteiger charge is 2.15. The van der Waals surface area contributed by atoms with Crippen molar-refractivity contribution < 1.29 is 19.0 Å². The normalized spacial score (nSPS) is 9.71. The van der Waals surface area contributed by atoms with Gasteiger partial charge in [-0.3, -0.25) is 5.32 Å². The number of carbonyl (C=O) groups is 1. The second kappa shape index (κ2) is 5.43. The summed E-state index contributed by atoms with van der Waals surface area (Å²) in [5.74, 6) is 1.29. The molecule has 0 aliphatic heterocycles. The quantitative estimate of drug-likeness (QED) is 0.880. The van der Waals surface area contributed by atoms with E-state index in [1.165, 1.54) is 7.11 Å². The maximum atomic E-state index is 11.2. The van der Waals surface area contributed by atoms with Gasteiger partial charge in [0.25, 0.3) is 0 Å². The fourth-order valence-corrected chi connectivity index (χ4v) is 1.59. The molecule has 0 heterocycles. The molecule has 0 spiro atoms. The van der Waals surface area contributed by atoms with Crippen LogP contribution in [0.5, 0.6) is 11.5 Å². The molecule has 1 N–H and O–H groups in total. The van der Waals surface area contributed by atoms with E-state index >= 15 is 0 Å². The number of amides is 1. The fourth-order valence-electron chi connectivity index (χ4n) is 1.59. The van der Waals surface area contributed by atoms with Gasteiger partial charge in [-0.05, 0) is 25.0 Å². The van der Waals surface area contributed by atoms with Crippen LogP contribution >= 0.6 is 0 Å². The minimum atomic E-state index is -0.548. The maximum absolute atomic E-state index is 11.2. The van der Waals surface area contributed by atoms with Crippen molar-refractivity contribution in [2.24, 2.45) is 0 Å². The molecule has 94 valence electrons. The Morgan fingerprint density at radius 1 is 1.12 bits per heavy atom. The third kappa shape index (κ3) is 2.61. The Labute approximate surface area is 101 Å². The smallest absolute Gasteiger partial charge is 0.411 e. The number of anilines is 1. The van der Waals surface area contributed by atoms with E-state index in [9.17, 15) is 4.79 Å². The Morgan fingerprint density at radius 3 is 2.24 bits per heavy atom. The van der Waals surface area contributed by atoms with Crippen molar-refractivity contribution in [1.29, 1.82) is 0 Å². The highest BCUT2D eigenvalue weighted by molar-refractivity contribution is 5.88. The number of benzene rings is 1. The molecule has 1 aromatic rings. The van der Waals surface area contributed by atoms with Crippen LogP contribution in [-0.4, -0.2) is 27.4 Å². The van der Waals surface area contributed by atoms with Gasteiger partial charge in [0.2, 0.25) is 0 Å². The van der Waals surface area contributed by atoms with E-state index in [2.05, 4.69) is 10.1 Å². The molecule has 0 bridgehead atoms. The maximum Gasteiger partial charge on any atom is 0.411 e. The van der Waals surface area contributed by atoms with Crippen LogP contribution in [0.3, 0.4) is 0 Å². The minimum Gasteiger partial charge on any atom is -0.496 e. The predicted molar refractivity (Wildman–Crippen MR) is 65.0 cm³/mol. The first-order valence-corrected chi connectivity index (χ1v) is 5.12. The summed E-state index contributed by atoms with van der Waals surface area (Å²) in [7, 11) is 4.44. The van der Waals surface area contributed by atoms with Crippen molar-refractivity contribution in [2.45, 2.75) is 13.8 Å². The Morgan fingerprint density at radius 2 is 1.76 bits per heavy atom. The summed E-state index contributed by atoms with van der Waals surface area (Å²) >= 11 is 0. The zero-order valence-corrected chi connectivity index (χ0v) is 10.7. The molecule has 0 aliphatic rings. The van der Waals surface area contributed by atoms with Gasteiger partial charge in [0, 0.05) is 6.07 Å². The van der Waals surface area contributed by atoms with E-state index in [0.29, 0.717) is 17.2 Å². The molecular formula is C12H17NO4. The van der Waals surface area contributed by atoms with Crippen molar-refractivity contribution in [2.75, 3.05) is 26.6 Å². The molecule has 5 nitrogen and oxygen atoms in total. The van der Waals surface area contributed by atoms with Crippen LogP contribution < -0.4 is 14.8 Å². The van der Waals surface area contributed by atoms with Crippen LogP contribution in [0.25, 0.3) is 0 Å². The second-order valence-corrected chi connectivity index (χ2v) is 3.53. The Kier molecular flexibility index (Phi) is 4.20. The molecule has 1 rings (SSSR count). The summed E-state index contributed by atoms with van der Waals surface area (Å²) in [5, 5.41) is 2.59. The van der Waals surface area contributed by atoms with Crippen molar-refractivity contribution in [3.05, 3.63) is 17.2 Å². The van der Waals surface area contributed by atoms with Crippen LogP contribution in [-0.2, 0) is 4.74 Å². The molecule has 1 aromatic carbocycles. The van der Waals surface area contributed by atoms with E-state index in [4.69, 9.17) is 9.47 Å². The first-order valence-electron chi connectivity index (χ1n) is 5.12. The van der Waals surface area contributed by atoms with Crippen LogP contribution in [0.2, 0.25) is 0 Å². The first kappa shape index (κ1) is 13.2. The highest BCUT2D eigenvalue weighted by atomic mass is 16.5. The predicted octanol–water partition coefficient (Wildman–Crippen LogP) is 2.50. The molecule has 1 amide bonds. The largest absolute Gasteiger partial charge is 0.496 e.